The number of fused-ring (bicyclic) bond motifs is 2. The quantitative estimate of drug-likeness (QED) is 0.693. The lowest BCUT2D eigenvalue weighted by Gasteiger charge is -2.50. The van der Waals surface area contributed by atoms with E-state index in [1.54, 1.807) is 30.6 Å². The number of rotatable bonds is 3. The molecule has 5 rings (SSSR count). The van der Waals surface area contributed by atoms with E-state index < -0.39 is 5.60 Å². The lowest BCUT2D eigenvalue weighted by molar-refractivity contribution is -0.0773. The molecule has 2 aliphatic rings. The van der Waals surface area contributed by atoms with Crippen LogP contribution in [0.3, 0.4) is 0 Å². The van der Waals surface area contributed by atoms with Crippen LogP contribution in [-0.4, -0.2) is 24.6 Å². The Bertz CT molecular complexity index is 1100. The maximum absolute atomic E-state index is 13.4. The first kappa shape index (κ1) is 19.1. The standard InChI is InChI=1S/C24H25FN4O/c1-23-14-29-15-28-21(16-7-9-18(25)10-8-16)19(29)13-17(23)5-3-6-20(23)24(2,30)22-26-11-4-12-27-22/h4,7-13,15,20,30H,3,5-6,14H2,1-2H3/t20-,23-,24-/m0/s1. The first-order valence-corrected chi connectivity index (χ1v) is 10.4. The molecule has 1 saturated carbocycles. The minimum Gasteiger partial charge on any atom is -0.382 e. The van der Waals surface area contributed by atoms with E-state index in [2.05, 4.69) is 32.5 Å². The van der Waals surface area contributed by atoms with Crippen molar-refractivity contribution < 1.29 is 9.50 Å². The highest BCUT2D eigenvalue weighted by atomic mass is 19.1. The molecule has 1 aromatic carbocycles. The van der Waals surface area contributed by atoms with Crippen molar-refractivity contribution in [3.63, 3.8) is 0 Å². The predicted molar refractivity (Wildman–Crippen MR) is 113 cm³/mol. The van der Waals surface area contributed by atoms with Crippen molar-refractivity contribution in [3.05, 3.63) is 72.0 Å². The van der Waals surface area contributed by atoms with Crippen LogP contribution in [0, 0.1) is 17.2 Å². The van der Waals surface area contributed by atoms with E-state index in [0.29, 0.717) is 5.82 Å². The highest BCUT2D eigenvalue weighted by Crippen LogP contribution is 2.55. The van der Waals surface area contributed by atoms with Crippen LogP contribution in [0.5, 0.6) is 0 Å². The number of hydrogen-bond acceptors (Lipinski definition) is 4. The molecule has 3 heterocycles. The minimum atomic E-state index is -1.13. The van der Waals surface area contributed by atoms with E-state index in [4.69, 9.17) is 0 Å². The highest BCUT2D eigenvalue weighted by molar-refractivity contribution is 5.72. The second-order valence-electron chi connectivity index (χ2n) is 8.86. The van der Waals surface area contributed by atoms with Crippen LogP contribution in [0.25, 0.3) is 17.3 Å². The van der Waals surface area contributed by atoms with E-state index in [0.717, 1.165) is 42.8 Å². The van der Waals surface area contributed by atoms with Crippen molar-refractivity contribution in [2.45, 2.75) is 45.3 Å². The maximum Gasteiger partial charge on any atom is 0.159 e. The fraction of sp³-hybridized carbons (Fsp3) is 0.375. The number of benzene rings is 1. The van der Waals surface area contributed by atoms with Crippen molar-refractivity contribution in [1.29, 1.82) is 0 Å². The fourth-order valence-electron chi connectivity index (χ4n) is 5.41. The van der Waals surface area contributed by atoms with Gasteiger partial charge in [-0.1, -0.05) is 12.5 Å². The number of allylic oxidation sites excluding steroid dienone is 1. The Morgan fingerprint density at radius 2 is 1.90 bits per heavy atom. The first-order valence-electron chi connectivity index (χ1n) is 10.4. The third-order valence-electron chi connectivity index (χ3n) is 6.94. The second-order valence-corrected chi connectivity index (χ2v) is 8.86. The third kappa shape index (κ3) is 2.89. The van der Waals surface area contributed by atoms with Gasteiger partial charge in [0.1, 0.15) is 11.4 Å². The normalized spacial score (nSPS) is 25.1. The number of halogens is 1. The number of imidazole rings is 1. The van der Waals surface area contributed by atoms with Crippen LogP contribution in [0.4, 0.5) is 4.39 Å². The Morgan fingerprint density at radius 1 is 1.17 bits per heavy atom. The summed E-state index contributed by atoms with van der Waals surface area (Å²) in [6, 6.07) is 8.24. The van der Waals surface area contributed by atoms with Gasteiger partial charge >= 0.3 is 0 Å². The molecule has 0 saturated heterocycles. The Morgan fingerprint density at radius 3 is 2.63 bits per heavy atom. The Balaban J connectivity index is 1.56. The number of aromatic nitrogens is 4. The van der Waals surface area contributed by atoms with Crippen LogP contribution in [0.2, 0.25) is 0 Å². The molecule has 0 bridgehead atoms. The van der Waals surface area contributed by atoms with Gasteiger partial charge in [0, 0.05) is 35.8 Å². The summed E-state index contributed by atoms with van der Waals surface area (Å²) in [5.74, 6) is 0.205. The topological polar surface area (TPSA) is 63.8 Å². The van der Waals surface area contributed by atoms with Gasteiger partial charge < -0.3 is 9.67 Å². The maximum atomic E-state index is 13.4. The molecule has 0 spiro atoms. The molecule has 0 amide bonds. The van der Waals surface area contributed by atoms with Gasteiger partial charge in [-0.2, -0.15) is 0 Å². The highest BCUT2D eigenvalue weighted by Gasteiger charge is 2.52. The van der Waals surface area contributed by atoms with Gasteiger partial charge in [0.2, 0.25) is 0 Å². The van der Waals surface area contributed by atoms with Crippen LogP contribution in [0.15, 0.2) is 54.6 Å². The average Bonchev–Trinajstić information content (AvgIpc) is 3.14. The molecular formula is C24H25FN4O. The third-order valence-corrected chi connectivity index (χ3v) is 6.94. The van der Waals surface area contributed by atoms with E-state index in [-0.39, 0.29) is 17.2 Å². The number of nitrogens with zero attached hydrogens (tertiary/aromatic N) is 4. The van der Waals surface area contributed by atoms with Crippen LogP contribution in [-0.2, 0) is 12.1 Å². The molecule has 1 aliphatic heterocycles. The SMILES string of the molecule is C[C@]12Cn3cnc(-c4ccc(F)cc4)c3C=C1CCC[C@@H]2[C@](C)(O)c1ncccn1. The van der Waals surface area contributed by atoms with Crippen LogP contribution >= 0.6 is 0 Å². The van der Waals surface area contributed by atoms with Crippen molar-refractivity contribution >= 4 is 6.08 Å². The molecule has 1 N–H and O–H groups in total. The average molecular weight is 404 g/mol. The van der Waals surface area contributed by atoms with E-state index >= 15 is 0 Å². The molecule has 3 aromatic rings. The molecule has 0 unspecified atom stereocenters. The van der Waals surface area contributed by atoms with Crippen molar-refractivity contribution in [1.82, 2.24) is 19.5 Å². The Hall–Kier alpha value is -2.86. The zero-order valence-corrected chi connectivity index (χ0v) is 17.2. The Kier molecular flexibility index (Phi) is 4.36. The molecule has 2 aromatic heterocycles. The monoisotopic (exact) mass is 404 g/mol. The number of aliphatic hydroxyl groups is 1. The summed E-state index contributed by atoms with van der Waals surface area (Å²) in [4.78, 5) is 13.4. The summed E-state index contributed by atoms with van der Waals surface area (Å²) in [7, 11) is 0. The van der Waals surface area contributed by atoms with E-state index in [9.17, 15) is 9.50 Å². The van der Waals surface area contributed by atoms with Gasteiger partial charge in [0.05, 0.1) is 17.7 Å². The molecule has 30 heavy (non-hydrogen) atoms. The lowest BCUT2D eigenvalue weighted by atomic mass is 9.58. The largest absolute Gasteiger partial charge is 0.382 e. The molecular weight excluding hydrogens is 379 g/mol. The van der Waals surface area contributed by atoms with Gasteiger partial charge in [-0.25, -0.2) is 19.3 Å². The summed E-state index contributed by atoms with van der Waals surface area (Å²) in [6.07, 6.45) is 10.4. The summed E-state index contributed by atoms with van der Waals surface area (Å²) >= 11 is 0. The molecule has 1 aliphatic carbocycles. The molecule has 6 heteroatoms. The smallest absolute Gasteiger partial charge is 0.159 e. The van der Waals surface area contributed by atoms with E-state index in [1.807, 2.05) is 13.3 Å². The first-order chi connectivity index (χ1) is 14.4. The van der Waals surface area contributed by atoms with Crippen molar-refractivity contribution in [3.8, 4) is 11.3 Å². The van der Waals surface area contributed by atoms with Crippen LogP contribution < -0.4 is 0 Å². The minimum absolute atomic E-state index is 0.0165. The molecule has 3 atom stereocenters. The molecule has 1 fully saturated rings. The zero-order chi connectivity index (χ0) is 20.9. The fourth-order valence-corrected chi connectivity index (χ4v) is 5.41. The summed E-state index contributed by atoms with van der Waals surface area (Å²) in [6.45, 7) is 4.81. The number of hydrogen-bond donors (Lipinski definition) is 1. The Labute approximate surface area is 175 Å². The summed E-state index contributed by atoms with van der Waals surface area (Å²) in [5, 5.41) is 11.6. The van der Waals surface area contributed by atoms with Gasteiger partial charge in [-0.15, -0.1) is 0 Å². The molecule has 0 radical (unpaired) electrons. The van der Waals surface area contributed by atoms with E-state index in [1.165, 1.54) is 17.7 Å². The second kappa shape index (κ2) is 6.84. The van der Waals surface area contributed by atoms with Crippen molar-refractivity contribution in [2.24, 2.45) is 11.3 Å². The van der Waals surface area contributed by atoms with Gasteiger partial charge in [0.15, 0.2) is 5.82 Å². The van der Waals surface area contributed by atoms with Gasteiger partial charge in [0.25, 0.3) is 0 Å². The van der Waals surface area contributed by atoms with Gasteiger partial charge in [-0.3, -0.25) is 0 Å². The summed E-state index contributed by atoms with van der Waals surface area (Å²) < 4.78 is 15.5. The molecule has 154 valence electrons. The van der Waals surface area contributed by atoms with Gasteiger partial charge in [-0.05, 0) is 62.6 Å². The lowest BCUT2D eigenvalue weighted by Crippen LogP contribution is -2.49. The van der Waals surface area contributed by atoms with Crippen LogP contribution in [0.1, 0.15) is 44.6 Å². The molecule has 5 nitrogen and oxygen atoms in total. The zero-order valence-electron chi connectivity index (χ0n) is 17.2. The predicted octanol–water partition coefficient (Wildman–Crippen LogP) is 4.59. The van der Waals surface area contributed by atoms with Crippen molar-refractivity contribution in [2.75, 3.05) is 0 Å². The summed E-state index contributed by atoms with van der Waals surface area (Å²) in [5.41, 5.74) is 2.78.